The van der Waals surface area contributed by atoms with Crippen LogP contribution in [0.4, 0.5) is 11.4 Å². The minimum Gasteiger partial charge on any atom is -0.481 e. The molecule has 2 heterocycles. The molecule has 4 aliphatic carbocycles. The van der Waals surface area contributed by atoms with Crippen LogP contribution in [0.3, 0.4) is 0 Å². The minimum atomic E-state index is -0.754. The monoisotopic (exact) mass is 431 g/mol. The predicted octanol–water partition coefficient (Wildman–Crippen LogP) is 3.75. The van der Waals surface area contributed by atoms with Crippen LogP contribution in [-0.4, -0.2) is 31.1 Å². The third-order valence-corrected chi connectivity index (χ3v) is 7.80. The lowest BCUT2D eigenvalue weighted by molar-refractivity contribution is -0.151. The zero-order valence-electron chi connectivity index (χ0n) is 17.2. The second-order valence-electron chi connectivity index (χ2n) is 9.78. The number of carboxylic acid groups (broad SMARTS) is 1. The summed E-state index contributed by atoms with van der Waals surface area (Å²) in [4.78, 5) is 24.9. The van der Waals surface area contributed by atoms with Crippen LogP contribution in [0, 0.1) is 31.1 Å². The number of carbonyl (C=O) groups is 1. The van der Waals surface area contributed by atoms with Crippen LogP contribution in [0.1, 0.15) is 56.3 Å². The average Bonchev–Trinajstić information content (AvgIpc) is 2.95. The van der Waals surface area contributed by atoms with Gasteiger partial charge in [0.2, 0.25) is 0 Å². The Morgan fingerprint density at radius 2 is 2.03 bits per heavy atom. The number of aromatic amines is 1. The second kappa shape index (κ2) is 6.57. The van der Waals surface area contributed by atoms with Crippen molar-refractivity contribution in [3.8, 4) is 0 Å². The maximum Gasteiger partial charge on any atom is 0.303 e. The molecule has 8 nitrogen and oxygen atoms in total. The Morgan fingerprint density at radius 1 is 1.33 bits per heavy atom. The van der Waals surface area contributed by atoms with Crippen LogP contribution in [0.15, 0.2) is 11.0 Å². The van der Waals surface area contributed by atoms with Crippen LogP contribution in [0.2, 0.25) is 5.02 Å². The smallest absolute Gasteiger partial charge is 0.303 e. The molecule has 0 spiro atoms. The number of aromatic nitrogens is 4. The fourth-order valence-corrected chi connectivity index (χ4v) is 7.08. The van der Waals surface area contributed by atoms with Gasteiger partial charge in [-0.3, -0.25) is 14.7 Å². The van der Waals surface area contributed by atoms with E-state index in [1.807, 2.05) is 13.8 Å². The van der Waals surface area contributed by atoms with Gasteiger partial charge in [-0.2, -0.15) is 10.2 Å². The van der Waals surface area contributed by atoms with Crippen LogP contribution in [-0.2, 0) is 10.3 Å². The Balaban J connectivity index is 1.52. The number of carboxylic acids is 1. The molecule has 4 bridgehead atoms. The summed E-state index contributed by atoms with van der Waals surface area (Å²) in [5, 5.41) is 24.4. The molecule has 4 saturated carbocycles. The number of nitrogens with zero attached hydrogens (tertiary/aromatic N) is 3. The molecular formula is C21H26ClN5O3. The molecule has 0 aliphatic heterocycles. The molecule has 0 unspecified atom stereocenters. The fourth-order valence-electron chi connectivity index (χ4n) is 6.90. The third kappa shape index (κ3) is 2.95. The van der Waals surface area contributed by atoms with Gasteiger partial charge in [-0.1, -0.05) is 11.6 Å². The first kappa shape index (κ1) is 19.6. The van der Waals surface area contributed by atoms with Crippen LogP contribution in [0.25, 0.3) is 0 Å². The summed E-state index contributed by atoms with van der Waals surface area (Å²) in [6.45, 7) is 3.76. The normalized spacial score (nSPS) is 31.8. The first-order valence-corrected chi connectivity index (χ1v) is 10.9. The summed E-state index contributed by atoms with van der Waals surface area (Å²) in [7, 11) is 0. The zero-order valence-corrected chi connectivity index (χ0v) is 17.9. The van der Waals surface area contributed by atoms with Crippen molar-refractivity contribution in [1.82, 2.24) is 20.0 Å². The largest absolute Gasteiger partial charge is 0.481 e. The van der Waals surface area contributed by atoms with Gasteiger partial charge in [-0.05, 0) is 69.6 Å². The summed E-state index contributed by atoms with van der Waals surface area (Å²) in [6.07, 6.45) is 7.24. The lowest BCUT2D eigenvalue weighted by Gasteiger charge is -2.61. The molecule has 9 heteroatoms. The number of rotatable bonds is 5. The van der Waals surface area contributed by atoms with Crippen molar-refractivity contribution in [2.45, 2.75) is 64.3 Å². The van der Waals surface area contributed by atoms with Crippen molar-refractivity contribution in [3.05, 3.63) is 33.0 Å². The lowest BCUT2D eigenvalue weighted by Crippen LogP contribution is -2.59. The van der Waals surface area contributed by atoms with E-state index in [1.54, 1.807) is 10.9 Å². The third-order valence-electron chi connectivity index (χ3n) is 7.43. The molecule has 0 radical (unpaired) electrons. The number of anilines is 2. The fraction of sp³-hybridized carbons (Fsp3) is 0.619. The maximum absolute atomic E-state index is 13.3. The van der Waals surface area contributed by atoms with Gasteiger partial charge in [-0.25, -0.2) is 4.68 Å². The van der Waals surface area contributed by atoms with Crippen LogP contribution >= 0.6 is 11.6 Å². The second-order valence-corrected chi connectivity index (χ2v) is 10.2. The lowest BCUT2D eigenvalue weighted by atomic mass is 9.46. The molecule has 4 aliphatic rings. The predicted molar refractivity (Wildman–Crippen MR) is 112 cm³/mol. The van der Waals surface area contributed by atoms with Crippen LogP contribution < -0.4 is 10.9 Å². The summed E-state index contributed by atoms with van der Waals surface area (Å²) in [6, 6.07) is 0. The maximum atomic E-state index is 13.3. The van der Waals surface area contributed by atoms with E-state index >= 15 is 0 Å². The van der Waals surface area contributed by atoms with E-state index in [0.29, 0.717) is 23.9 Å². The molecule has 30 heavy (non-hydrogen) atoms. The van der Waals surface area contributed by atoms with Gasteiger partial charge in [0.1, 0.15) is 5.02 Å². The van der Waals surface area contributed by atoms with Gasteiger partial charge in [-0.15, -0.1) is 0 Å². The molecule has 2 aromatic heterocycles. The molecule has 2 atom stereocenters. The van der Waals surface area contributed by atoms with Crippen molar-refractivity contribution in [2.75, 3.05) is 5.32 Å². The highest BCUT2D eigenvalue weighted by Gasteiger charge is 2.59. The molecule has 160 valence electrons. The SMILES string of the molecule is Cc1n[nH]c(C)c1Nc1cnn(C23C[C@@H]4C[C@H](CC(CC(=O)O)(C4)C2)C3)c(=O)c1Cl. The highest BCUT2D eigenvalue weighted by molar-refractivity contribution is 6.33. The molecular weight excluding hydrogens is 406 g/mol. The van der Waals surface area contributed by atoms with Crippen molar-refractivity contribution in [1.29, 1.82) is 0 Å². The number of nitrogens with one attached hydrogen (secondary N) is 2. The zero-order chi connectivity index (χ0) is 21.3. The summed E-state index contributed by atoms with van der Waals surface area (Å²) in [5.41, 5.74) is 1.90. The first-order valence-electron chi connectivity index (χ1n) is 10.5. The summed E-state index contributed by atoms with van der Waals surface area (Å²) in [5.74, 6) is 0.148. The van der Waals surface area contributed by atoms with Gasteiger partial charge in [0.25, 0.3) is 5.56 Å². The van der Waals surface area contributed by atoms with E-state index in [4.69, 9.17) is 11.6 Å². The van der Waals surface area contributed by atoms with Crippen molar-refractivity contribution >= 4 is 28.9 Å². The summed E-state index contributed by atoms with van der Waals surface area (Å²) < 4.78 is 1.57. The standard InChI is InChI=1S/C21H26ClN5O3/c1-11-18(12(2)26-25-11)24-15-9-23-27(19(30)17(15)22)21-6-13-3-14(7-21)5-20(4-13,10-21)8-16(28)29/h9,13-14,24H,3-8,10H2,1-2H3,(H,25,26)(H,28,29)/t13-,14-,20?,21?/m1/s1. The Labute approximate surface area is 179 Å². The van der Waals surface area contributed by atoms with E-state index in [1.165, 1.54) is 0 Å². The highest BCUT2D eigenvalue weighted by Crippen LogP contribution is 2.65. The van der Waals surface area contributed by atoms with E-state index < -0.39 is 11.5 Å². The number of halogens is 1. The van der Waals surface area contributed by atoms with Gasteiger partial charge in [0.05, 0.1) is 40.9 Å². The number of hydrogen-bond donors (Lipinski definition) is 3. The van der Waals surface area contributed by atoms with E-state index in [-0.39, 0.29) is 22.4 Å². The molecule has 0 aromatic carbocycles. The van der Waals surface area contributed by atoms with Crippen molar-refractivity contribution in [3.63, 3.8) is 0 Å². The van der Waals surface area contributed by atoms with Crippen molar-refractivity contribution < 1.29 is 9.90 Å². The quantitative estimate of drug-likeness (QED) is 0.664. The van der Waals surface area contributed by atoms with Gasteiger partial charge < -0.3 is 10.4 Å². The van der Waals surface area contributed by atoms with Crippen LogP contribution in [0.5, 0.6) is 0 Å². The number of aliphatic carboxylic acids is 1. The Kier molecular flexibility index (Phi) is 4.29. The van der Waals surface area contributed by atoms with E-state index in [9.17, 15) is 14.7 Å². The number of hydrogen-bond acceptors (Lipinski definition) is 5. The average molecular weight is 432 g/mol. The van der Waals surface area contributed by atoms with Gasteiger partial charge in [0, 0.05) is 0 Å². The van der Waals surface area contributed by atoms with E-state index in [2.05, 4.69) is 20.6 Å². The Bertz CT molecular complexity index is 1060. The molecule has 2 aromatic rings. The van der Waals surface area contributed by atoms with Gasteiger partial charge in [0.15, 0.2) is 0 Å². The minimum absolute atomic E-state index is 0.105. The van der Waals surface area contributed by atoms with E-state index in [0.717, 1.165) is 49.2 Å². The van der Waals surface area contributed by atoms with Crippen molar-refractivity contribution in [2.24, 2.45) is 17.3 Å². The number of aryl methyl sites for hydroxylation is 2. The molecule has 0 saturated heterocycles. The molecule has 3 N–H and O–H groups in total. The summed E-state index contributed by atoms with van der Waals surface area (Å²) >= 11 is 6.52. The first-order chi connectivity index (χ1) is 14.2. The van der Waals surface area contributed by atoms with Gasteiger partial charge >= 0.3 is 5.97 Å². The molecule has 6 rings (SSSR count). The molecule has 4 fully saturated rings. The number of H-pyrrole nitrogens is 1. The Hall–Kier alpha value is -2.35. The Morgan fingerprint density at radius 3 is 2.63 bits per heavy atom. The molecule has 0 amide bonds. The highest BCUT2D eigenvalue weighted by atomic mass is 35.5. The topological polar surface area (TPSA) is 113 Å².